The van der Waals surface area contributed by atoms with E-state index in [-0.39, 0.29) is 0 Å². The molecule has 0 aliphatic heterocycles. The first-order chi connectivity index (χ1) is 9.76. The van der Waals surface area contributed by atoms with E-state index < -0.39 is 0 Å². The second-order valence-electron chi connectivity index (χ2n) is 4.15. The van der Waals surface area contributed by atoms with Gasteiger partial charge in [0.25, 0.3) is 5.22 Å². The van der Waals surface area contributed by atoms with Crippen molar-refractivity contribution in [3.8, 4) is 6.07 Å². The monoisotopic (exact) mass is 300 g/mol. The van der Waals surface area contributed by atoms with Gasteiger partial charge in [-0.3, -0.25) is 0 Å². The summed E-state index contributed by atoms with van der Waals surface area (Å²) in [6, 6.07) is 15.0. The van der Waals surface area contributed by atoms with E-state index in [0.29, 0.717) is 21.6 Å². The molecule has 0 saturated carbocycles. The van der Waals surface area contributed by atoms with Crippen molar-refractivity contribution >= 4 is 34.5 Å². The average Bonchev–Trinajstić information content (AvgIpc) is 2.88. The van der Waals surface area contributed by atoms with Crippen molar-refractivity contribution in [1.82, 2.24) is 4.98 Å². The number of nitrogens with zero attached hydrogens (tertiary/aromatic N) is 2. The normalized spacial score (nSPS) is 10.6. The van der Waals surface area contributed by atoms with E-state index in [1.54, 1.807) is 12.1 Å². The van der Waals surface area contributed by atoms with Crippen LogP contribution in [0.1, 0.15) is 11.1 Å². The Morgan fingerprint density at radius 2 is 2.10 bits per heavy atom. The fourth-order valence-corrected chi connectivity index (χ4v) is 2.96. The lowest BCUT2D eigenvalue weighted by Gasteiger charge is -2.02. The minimum atomic E-state index is 0.561. The first kappa shape index (κ1) is 13.0. The Kier molecular flexibility index (Phi) is 3.64. The zero-order chi connectivity index (χ0) is 13.9. The highest BCUT2D eigenvalue weighted by molar-refractivity contribution is 7.98. The molecular formula is C15H9ClN2OS. The Morgan fingerprint density at radius 1 is 1.25 bits per heavy atom. The van der Waals surface area contributed by atoms with Gasteiger partial charge in [-0.1, -0.05) is 41.6 Å². The van der Waals surface area contributed by atoms with Gasteiger partial charge < -0.3 is 4.42 Å². The molecule has 1 heterocycles. The third-order valence-electron chi connectivity index (χ3n) is 2.81. The third kappa shape index (κ3) is 2.64. The van der Waals surface area contributed by atoms with E-state index in [1.165, 1.54) is 11.8 Å². The Balaban J connectivity index is 1.77. The standard InChI is InChI=1S/C15H9ClN2OS/c16-12-7-10(8-17)5-6-11(12)9-20-15-18-13-3-1-2-4-14(13)19-15/h1-7H,9H2. The Labute approximate surface area is 125 Å². The number of benzene rings is 2. The number of hydrogen-bond acceptors (Lipinski definition) is 4. The van der Waals surface area contributed by atoms with Gasteiger partial charge in [0.05, 0.1) is 11.6 Å². The van der Waals surface area contributed by atoms with Crippen LogP contribution in [0.3, 0.4) is 0 Å². The van der Waals surface area contributed by atoms with Gasteiger partial charge in [0.1, 0.15) is 5.52 Å². The lowest BCUT2D eigenvalue weighted by Crippen LogP contribution is -1.84. The van der Waals surface area contributed by atoms with Crippen LogP contribution in [0.2, 0.25) is 5.02 Å². The zero-order valence-corrected chi connectivity index (χ0v) is 11.9. The van der Waals surface area contributed by atoms with Crippen molar-refractivity contribution in [2.24, 2.45) is 0 Å². The molecule has 0 radical (unpaired) electrons. The maximum atomic E-state index is 8.80. The Morgan fingerprint density at radius 3 is 2.85 bits per heavy atom. The molecule has 0 spiro atoms. The summed E-state index contributed by atoms with van der Waals surface area (Å²) in [4.78, 5) is 4.39. The maximum Gasteiger partial charge on any atom is 0.257 e. The number of thioether (sulfide) groups is 1. The summed E-state index contributed by atoms with van der Waals surface area (Å²) < 4.78 is 5.63. The summed E-state index contributed by atoms with van der Waals surface area (Å²) in [6.45, 7) is 0. The van der Waals surface area contributed by atoms with Crippen LogP contribution in [-0.4, -0.2) is 4.98 Å². The predicted octanol–water partition coefficient (Wildman–Crippen LogP) is 4.65. The van der Waals surface area contributed by atoms with E-state index in [9.17, 15) is 0 Å². The first-order valence-corrected chi connectivity index (χ1v) is 7.29. The molecule has 98 valence electrons. The molecule has 0 atom stereocenters. The van der Waals surface area contributed by atoms with E-state index in [0.717, 1.165) is 16.7 Å². The highest BCUT2D eigenvalue weighted by atomic mass is 35.5. The fourth-order valence-electron chi connectivity index (χ4n) is 1.79. The van der Waals surface area contributed by atoms with Gasteiger partial charge in [-0.25, -0.2) is 4.98 Å². The van der Waals surface area contributed by atoms with Crippen LogP contribution in [-0.2, 0) is 5.75 Å². The van der Waals surface area contributed by atoms with Gasteiger partial charge in [-0.05, 0) is 29.8 Å². The predicted molar refractivity (Wildman–Crippen MR) is 79.7 cm³/mol. The van der Waals surface area contributed by atoms with Crippen LogP contribution >= 0.6 is 23.4 Å². The van der Waals surface area contributed by atoms with E-state index in [2.05, 4.69) is 11.1 Å². The smallest absolute Gasteiger partial charge is 0.257 e. The largest absolute Gasteiger partial charge is 0.431 e. The number of fused-ring (bicyclic) bond motifs is 1. The summed E-state index contributed by atoms with van der Waals surface area (Å²) in [5, 5.41) is 10.0. The molecule has 0 saturated heterocycles. The van der Waals surface area contributed by atoms with Crippen molar-refractivity contribution in [3.05, 3.63) is 58.6 Å². The first-order valence-electron chi connectivity index (χ1n) is 5.93. The number of halogens is 1. The lowest BCUT2D eigenvalue weighted by atomic mass is 10.2. The summed E-state index contributed by atoms with van der Waals surface area (Å²) in [6.07, 6.45) is 0. The molecule has 1 aromatic heterocycles. The molecule has 0 amide bonds. The van der Waals surface area contributed by atoms with Crippen LogP contribution in [0.5, 0.6) is 0 Å². The molecule has 3 rings (SSSR count). The van der Waals surface area contributed by atoms with Crippen molar-refractivity contribution in [2.45, 2.75) is 11.0 Å². The Hall–Kier alpha value is -1.96. The molecule has 0 aliphatic rings. The molecule has 0 bridgehead atoms. The van der Waals surface area contributed by atoms with Crippen molar-refractivity contribution in [3.63, 3.8) is 0 Å². The van der Waals surface area contributed by atoms with Crippen molar-refractivity contribution in [2.75, 3.05) is 0 Å². The molecule has 5 heteroatoms. The summed E-state index contributed by atoms with van der Waals surface area (Å²) in [7, 11) is 0. The minimum absolute atomic E-state index is 0.561. The zero-order valence-electron chi connectivity index (χ0n) is 10.3. The van der Waals surface area contributed by atoms with E-state index in [1.807, 2.05) is 30.3 Å². The second kappa shape index (κ2) is 5.58. The summed E-state index contributed by atoms with van der Waals surface area (Å²) in [5.74, 6) is 0.650. The third-order valence-corrected chi connectivity index (χ3v) is 4.04. The average molecular weight is 301 g/mol. The number of rotatable bonds is 3. The lowest BCUT2D eigenvalue weighted by molar-refractivity contribution is 0.489. The number of nitriles is 1. The molecule has 20 heavy (non-hydrogen) atoms. The summed E-state index contributed by atoms with van der Waals surface area (Å²) >= 11 is 7.62. The highest BCUT2D eigenvalue weighted by Crippen LogP contribution is 2.29. The maximum absolute atomic E-state index is 8.80. The molecule has 0 N–H and O–H groups in total. The van der Waals surface area contributed by atoms with Gasteiger partial charge in [-0.15, -0.1) is 0 Å². The quantitative estimate of drug-likeness (QED) is 0.661. The number of para-hydroxylation sites is 2. The highest BCUT2D eigenvalue weighted by Gasteiger charge is 2.08. The molecule has 2 aromatic carbocycles. The van der Waals surface area contributed by atoms with Gasteiger partial charge in [0.2, 0.25) is 0 Å². The molecule has 3 nitrogen and oxygen atoms in total. The molecular weight excluding hydrogens is 292 g/mol. The minimum Gasteiger partial charge on any atom is -0.431 e. The van der Waals surface area contributed by atoms with Crippen LogP contribution in [0.25, 0.3) is 11.1 Å². The van der Waals surface area contributed by atoms with Crippen LogP contribution in [0.4, 0.5) is 0 Å². The molecule has 0 unspecified atom stereocenters. The van der Waals surface area contributed by atoms with Crippen LogP contribution < -0.4 is 0 Å². The van der Waals surface area contributed by atoms with Crippen LogP contribution in [0.15, 0.2) is 52.1 Å². The molecule has 3 aromatic rings. The fraction of sp³-hybridized carbons (Fsp3) is 0.0667. The van der Waals surface area contributed by atoms with Gasteiger partial charge in [0.15, 0.2) is 5.58 Å². The number of aromatic nitrogens is 1. The summed E-state index contributed by atoms with van der Waals surface area (Å²) in [5.41, 5.74) is 3.14. The molecule has 0 aliphatic carbocycles. The van der Waals surface area contributed by atoms with Gasteiger partial charge in [-0.2, -0.15) is 5.26 Å². The van der Waals surface area contributed by atoms with Crippen molar-refractivity contribution < 1.29 is 4.42 Å². The number of oxazole rings is 1. The number of hydrogen-bond donors (Lipinski definition) is 0. The van der Waals surface area contributed by atoms with E-state index >= 15 is 0 Å². The second-order valence-corrected chi connectivity index (χ2v) is 5.49. The van der Waals surface area contributed by atoms with Gasteiger partial charge >= 0.3 is 0 Å². The van der Waals surface area contributed by atoms with Crippen molar-refractivity contribution in [1.29, 1.82) is 5.26 Å². The Bertz CT molecular complexity index is 774. The van der Waals surface area contributed by atoms with E-state index in [4.69, 9.17) is 21.3 Å². The topological polar surface area (TPSA) is 49.8 Å². The molecule has 0 fully saturated rings. The van der Waals surface area contributed by atoms with Crippen LogP contribution in [0, 0.1) is 11.3 Å². The SMILES string of the molecule is N#Cc1ccc(CSc2nc3ccccc3o2)c(Cl)c1. The van der Waals surface area contributed by atoms with Gasteiger partial charge in [0, 0.05) is 10.8 Å².